The lowest BCUT2D eigenvalue weighted by atomic mass is 10.1. The lowest BCUT2D eigenvalue weighted by molar-refractivity contribution is 0.248. The zero-order valence-corrected chi connectivity index (χ0v) is 19.8. The van der Waals surface area contributed by atoms with Crippen LogP contribution in [0, 0.1) is 0 Å². The van der Waals surface area contributed by atoms with Gasteiger partial charge in [0.1, 0.15) is 5.75 Å². The number of rotatable bonds is 10. The quantitative estimate of drug-likeness (QED) is 0.347. The summed E-state index contributed by atoms with van der Waals surface area (Å²) in [5.74, 6) is 0.488. The minimum absolute atomic E-state index is 0.151. The summed E-state index contributed by atoms with van der Waals surface area (Å²) >= 11 is 0. The molecular formula is C27H27N3O3S. The van der Waals surface area contributed by atoms with Crippen molar-refractivity contribution >= 4 is 15.7 Å². The molecule has 0 bridgehead atoms. The van der Waals surface area contributed by atoms with Gasteiger partial charge < -0.3 is 4.74 Å². The first-order valence-corrected chi connectivity index (χ1v) is 12.4. The van der Waals surface area contributed by atoms with Crippen LogP contribution in [0.25, 0.3) is 0 Å². The molecule has 0 saturated carbocycles. The summed E-state index contributed by atoms with van der Waals surface area (Å²) in [5.41, 5.74) is 3.71. The molecule has 6 nitrogen and oxygen atoms in total. The molecule has 7 heteroatoms. The minimum Gasteiger partial charge on any atom is -0.497 e. The molecule has 0 unspecified atom stereocenters. The van der Waals surface area contributed by atoms with Crippen molar-refractivity contribution in [2.24, 2.45) is 0 Å². The third-order valence-electron chi connectivity index (χ3n) is 5.39. The molecule has 1 N–H and O–H groups in total. The predicted molar refractivity (Wildman–Crippen MR) is 134 cm³/mol. The van der Waals surface area contributed by atoms with Gasteiger partial charge in [-0.3, -0.25) is 14.6 Å². The molecule has 1 heterocycles. The van der Waals surface area contributed by atoms with Crippen molar-refractivity contribution in [2.75, 3.05) is 11.8 Å². The topological polar surface area (TPSA) is 71.5 Å². The van der Waals surface area contributed by atoms with Crippen LogP contribution in [0.15, 0.2) is 108 Å². The average molecular weight is 474 g/mol. The second kappa shape index (κ2) is 11.0. The van der Waals surface area contributed by atoms with Crippen LogP contribution in [0.1, 0.15) is 16.7 Å². The molecule has 0 radical (unpaired) electrons. The molecule has 0 fully saturated rings. The first kappa shape index (κ1) is 23.5. The van der Waals surface area contributed by atoms with Gasteiger partial charge in [-0.15, -0.1) is 0 Å². The number of ether oxygens (including phenoxy) is 1. The van der Waals surface area contributed by atoms with Gasteiger partial charge in [-0.2, -0.15) is 0 Å². The molecule has 3 aromatic carbocycles. The highest BCUT2D eigenvalue weighted by Crippen LogP contribution is 2.25. The number of nitrogens with zero attached hydrogens (tertiary/aromatic N) is 2. The molecule has 1 aromatic heterocycles. The van der Waals surface area contributed by atoms with E-state index >= 15 is 0 Å². The number of hydrogen-bond donors (Lipinski definition) is 1. The van der Waals surface area contributed by atoms with Crippen LogP contribution >= 0.6 is 0 Å². The highest BCUT2D eigenvalue weighted by molar-refractivity contribution is 7.92. The lowest BCUT2D eigenvalue weighted by Crippen LogP contribution is -2.23. The number of anilines is 1. The summed E-state index contributed by atoms with van der Waals surface area (Å²) in [5, 5.41) is 0. The van der Waals surface area contributed by atoms with Crippen molar-refractivity contribution in [3.05, 3.63) is 120 Å². The van der Waals surface area contributed by atoms with Gasteiger partial charge in [-0.05, 0) is 41.0 Å². The van der Waals surface area contributed by atoms with Crippen molar-refractivity contribution in [1.29, 1.82) is 0 Å². The summed E-state index contributed by atoms with van der Waals surface area (Å²) in [6, 6.07) is 28.1. The summed E-state index contributed by atoms with van der Waals surface area (Å²) in [4.78, 5) is 6.66. The number of nitrogens with one attached hydrogen (secondary N) is 1. The zero-order chi connectivity index (χ0) is 23.8. The van der Waals surface area contributed by atoms with Crippen LogP contribution in [0.5, 0.6) is 5.75 Å². The first-order valence-electron chi connectivity index (χ1n) is 10.9. The van der Waals surface area contributed by atoms with Crippen LogP contribution < -0.4 is 9.46 Å². The van der Waals surface area contributed by atoms with E-state index < -0.39 is 10.0 Å². The second-order valence-corrected chi connectivity index (χ2v) is 9.62. The number of benzene rings is 3. The highest BCUT2D eigenvalue weighted by atomic mass is 32.2. The number of para-hydroxylation sites is 1. The first-order chi connectivity index (χ1) is 16.5. The Balaban J connectivity index is 1.60. The smallest absolute Gasteiger partial charge is 0.262 e. The van der Waals surface area contributed by atoms with Gasteiger partial charge in [0.05, 0.1) is 17.7 Å². The number of hydrogen-bond acceptors (Lipinski definition) is 5. The number of methoxy groups -OCH3 is 1. The Bertz CT molecular complexity index is 1270. The van der Waals surface area contributed by atoms with Crippen molar-refractivity contribution < 1.29 is 13.2 Å². The van der Waals surface area contributed by atoms with Gasteiger partial charge >= 0.3 is 0 Å². The van der Waals surface area contributed by atoms with Gasteiger partial charge in [0.25, 0.3) is 10.0 Å². The summed E-state index contributed by atoms with van der Waals surface area (Å²) < 4.78 is 34.2. The number of sulfonamides is 1. The molecule has 34 heavy (non-hydrogen) atoms. The Hall–Kier alpha value is -3.68. The third kappa shape index (κ3) is 6.21. The van der Waals surface area contributed by atoms with Crippen molar-refractivity contribution in [1.82, 2.24) is 9.88 Å². The van der Waals surface area contributed by atoms with E-state index in [4.69, 9.17) is 4.74 Å². The van der Waals surface area contributed by atoms with Crippen LogP contribution in [0.4, 0.5) is 5.69 Å². The SMILES string of the molecule is COc1cccc(S(=O)(=O)Nc2ccccc2CN(Cc2ccccc2)Cc2cccnc2)c1. The van der Waals surface area contributed by atoms with Crippen LogP contribution in [0.2, 0.25) is 0 Å². The fourth-order valence-electron chi connectivity index (χ4n) is 3.73. The molecule has 0 saturated heterocycles. The van der Waals surface area contributed by atoms with E-state index in [-0.39, 0.29) is 4.90 Å². The lowest BCUT2D eigenvalue weighted by Gasteiger charge is -2.24. The molecule has 0 spiro atoms. The Morgan fingerprint density at radius 1 is 0.824 bits per heavy atom. The molecule has 0 aliphatic rings. The maximum absolute atomic E-state index is 13.1. The monoisotopic (exact) mass is 473 g/mol. The molecular weight excluding hydrogens is 446 g/mol. The number of aromatic nitrogens is 1. The van der Waals surface area contributed by atoms with Gasteiger partial charge in [0.2, 0.25) is 0 Å². The predicted octanol–water partition coefficient (Wildman–Crippen LogP) is 5.09. The normalized spacial score (nSPS) is 11.4. The summed E-state index contributed by atoms with van der Waals surface area (Å²) in [7, 11) is -2.27. The van der Waals surface area contributed by atoms with E-state index in [1.54, 1.807) is 30.5 Å². The van der Waals surface area contributed by atoms with E-state index in [1.807, 2.05) is 54.7 Å². The summed E-state index contributed by atoms with van der Waals surface area (Å²) in [6.07, 6.45) is 3.61. The molecule has 0 atom stereocenters. The van der Waals surface area contributed by atoms with E-state index in [1.165, 1.54) is 18.7 Å². The molecule has 4 rings (SSSR count). The van der Waals surface area contributed by atoms with Crippen LogP contribution in [0.3, 0.4) is 0 Å². The second-order valence-electron chi connectivity index (χ2n) is 7.93. The van der Waals surface area contributed by atoms with E-state index in [9.17, 15) is 8.42 Å². The zero-order valence-electron chi connectivity index (χ0n) is 19.0. The van der Waals surface area contributed by atoms with Gasteiger partial charge in [0, 0.05) is 38.1 Å². The van der Waals surface area contributed by atoms with Crippen molar-refractivity contribution in [3.8, 4) is 5.75 Å². The number of pyridine rings is 1. The summed E-state index contributed by atoms with van der Waals surface area (Å²) in [6.45, 7) is 1.95. The fraction of sp³-hybridized carbons (Fsp3) is 0.148. The third-order valence-corrected chi connectivity index (χ3v) is 6.75. The Morgan fingerprint density at radius 2 is 1.56 bits per heavy atom. The molecule has 174 valence electrons. The standard InChI is InChI=1S/C27H27N3O3S/c1-33-25-13-7-14-26(17-25)34(31,32)29-27-15-6-5-12-24(27)21-30(19-22-9-3-2-4-10-22)20-23-11-8-16-28-18-23/h2-18,29H,19-21H2,1H3. The average Bonchev–Trinajstić information content (AvgIpc) is 2.86. The van der Waals surface area contributed by atoms with Gasteiger partial charge in [-0.1, -0.05) is 60.7 Å². The van der Waals surface area contributed by atoms with Crippen LogP contribution in [-0.2, 0) is 29.7 Å². The highest BCUT2D eigenvalue weighted by Gasteiger charge is 2.18. The van der Waals surface area contributed by atoms with E-state index in [0.717, 1.165) is 11.1 Å². The maximum Gasteiger partial charge on any atom is 0.262 e. The van der Waals surface area contributed by atoms with Crippen molar-refractivity contribution in [2.45, 2.75) is 24.5 Å². The Kier molecular flexibility index (Phi) is 7.57. The Morgan fingerprint density at radius 3 is 2.32 bits per heavy atom. The molecule has 0 amide bonds. The van der Waals surface area contributed by atoms with E-state index in [0.29, 0.717) is 31.1 Å². The fourth-order valence-corrected chi connectivity index (χ4v) is 4.87. The van der Waals surface area contributed by atoms with Gasteiger partial charge in [0.15, 0.2) is 0 Å². The maximum atomic E-state index is 13.1. The molecule has 0 aliphatic heterocycles. The molecule has 4 aromatic rings. The minimum atomic E-state index is -3.78. The van der Waals surface area contributed by atoms with Gasteiger partial charge in [-0.25, -0.2) is 8.42 Å². The molecule has 0 aliphatic carbocycles. The van der Waals surface area contributed by atoms with Crippen LogP contribution in [-0.4, -0.2) is 25.4 Å². The largest absolute Gasteiger partial charge is 0.497 e. The van der Waals surface area contributed by atoms with E-state index in [2.05, 4.69) is 26.7 Å². The Labute approximate surface area is 200 Å². The van der Waals surface area contributed by atoms with Crippen molar-refractivity contribution in [3.63, 3.8) is 0 Å².